The molecule has 0 radical (unpaired) electrons. The van der Waals surface area contributed by atoms with Gasteiger partial charge in [0.2, 0.25) is 5.91 Å². The van der Waals surface area contributed by atoms with Crippen LogP contribution in [0.2, 0.25) is 0 Å². The van der Waals surface area contributed by atoms with Crippen LogP contribution >= 0.6 is 0 Å². The molecule has 0 aliphatic heterocycles. The van der Waals surface area contributed by atoms with E-state index in [1.54, 1.807) is 13.3 Å². The van der Waals surface area contributed by atoms with Gasteiger partial charge >= 0.3 is 0 Å². The van der Waals surface area contributed by atoms with Gasteiger partial charge in [0.1, 0.15) is 5.76 Å². The van der Waals surface area contributed by atoms with E-state index in [4.69, 9.17) is 4.42 Å². The quantitative estimate of drug-likeness (QED) is 0.784. The van der Waals surface area contributed by atoms with Crippen molar-refractivity contribution in [2.24, 2.45) is 5.92 Å². The van der Waals surface area contributed by atoms with Gasteiger partial charge in [-0.05, 0) is 30.9 Å². The normalized spacial score (nSPS) is 14.5. The molecule has 1 aromatic heterocycles. The molecule has 0 bridgehead atoms. The Hall–Kier alpha value is -1.29. The van der Waals surface area contributed by atoms with Crippen LogP contribution in [0.15, 0.2) is 22.8 Å². The molecule has 102 valence electrons. The first-order valence-electron chi connectivity index (χ1n) is 6.59. The summed E-state index contributed by atoms with van der Waals surface area (Å²) in [5.41, 5.74) is 0. The van der Waals surface area contributed by atoms with Gasteiger partial charge in [0, 0.05) is 7.05 Å². The minimum atomic E-state index is -0.176. The van der Waals surface area contributed by atoms with Gasteiger partial charge in [-0.15, -0.1) is 0 Å². The van der Waals surface area contributed by atoms with E-state index >= 15 is 0 Å². The summed E-state index contributed by atoms with van der Waals surface area (Å²) in [7, 11) is 1.67. The predicted octanol–water partition coefficient (Wildman–Crippen LogP) is 2.48. The molecule has 0 fully saturated rings. The molecule has 0 saturated carbocycles. The van der Waals surface area contributed by atoms with Gasteiger partial charge in [0.25, 0.3) is 0 Å². The number of nitrogens with one attached hydrogen (secondary N) is 2. The summed E-state index contributed by atoms with van der Waals surface area (Å²) in [4.78, 5) is 11.9. The molecule has 0 aliphatic carbocycles. The van der Waals surface area contributed by atoms with Gasteiger partial charge in [-0.2, -0.15) is 0 Å². The van der Waals surface area contributed by atoms with E-state index in [2.05, 4.69) is 31.4 Å². The zero-order valence-electron chi connectivity index (χ0n) is 11.7. The van der Waals surface area contributed by atoms with E-state index in [1.165, 1.54) is 0 Å². The van der Waals surface area contributed by atoms with E-state index < -0.39 is 0 Å². The number of hydrogen-bond acceptors (Lipinski definition) is 3. The summed E-state index contributed by atoms with van der Waals surface area (Å²) in [6, 6.07) is 3.72. The maximum atomic E-state index is 11.9. The van der Waals surface area contributed by atoms with Crippen molar-refractivity contribution in [2.75, 3.05) is 7.05 Å². The van der Waals surface area contributed by atoms with E-state index in [0.717, 1.165) is 18.6 Å². The fraction of sp³-hybridized carbons (Fsp3) is 0.643. The van der Waals surface area contributed by atoms with E-state index in [9.17, 15) is 4.79 Å². The Kier molecular flexibility index (Phi) is 5.92. The minimum absolute atomic E-state index is 0.0358. The molecule has 2 N–H and O–H groups in total. The lowest BCUT2D eigenvalue weighted by Gasteiger charge is -2.24. The van der Waals surface area contributed by atoms with Crippen LogP contribution in [0.3, 0.4) is 0 Å². The molecule has 1 amide bonds. The van der Waals surface area contributed by atoms with Crippen LogP contribution in [0.1, 0.15) is 45.4 Å². The van der Waals surface area contributed by atoms with E-state index in [1.807, 2.05) is 12.1 Å². The van der Waals surface area contributed by atoms with Gasteiger partial charge in [0.15, 0.2) is 0 Å². The highest BCUT2D eigenvalue weighted by Crippen LogP contribution is 2.19. The molecule has 0 saturated heterocycles. The second kappa shape index (κ2) is 7.21. The third kappa shape index (κ3) is 4.18. The van der Waals surface area contributed by atoms with Crippen LogP contribution in [0, 0.1) is 5.92 Å². The van der Waals surface area contributed by atoms with Crippen molar-refractivity contribution in [1.82, 2.24) is 10.6 Å². The Labute approximate surface area is 109 Å². The third-order valence-electron chi connectivity index (χ3n) is 2.97. The molecular weight excluding hydrogens is 228 g/mol. The Morgan fingerprint density at radius 1 is 1.44 bits per heavy atom. The second-order valence-electron chi connectivity index (χ2n) is 4.94. The summed E-state index contributed by atoms with van der Waals surface area (Å²) < 4.78 is 5.41. The zero-order valence-corrected chi connectivity index (χ0v) is 11.7. The van der Waals surface area contributed by atoms with Gasteiger partial charge in [0.05, 0.1) is 18.3 Å². The van der Waals surface area contributed by atoms with Crippen LogP contribution in [0.5, 0.6) is 0 Å². The molecule has 1 aromatic rings. The maximum Gasteiger partial charge on any atom is 0.236 e. The smallest absolute Gasteiger partial charge is 0.236 e. The number of amides is 1. The first kappa shape index (κ1) is 14.8. The molecule has 2 unspecified atom stereocenters. The molecular formula is C14H24N2O2. The topological polar surface area (TPSA) is 54.3 Å². The molecule has 1 rings (SSSR count). The molecule has 1 heterocycles. The first-order chi connectivity index (χ1) is 8.58. The average molecular weight is 252 g/mol. The maximum absolute atomic E-state index is 11.9. The lowest BCUT2D eigenvalue weighted by Crippen LogP contribution is -2.45. The summed E-state index contributed by atoms with van der Waals surface area (Å²) in [5.74, 6) is 1.39. The van der Waals surface area contributed by atoms with E-state index in [0.29, 0.717) is 5.92 Å². The third-order valence-corrected chi connectivity index (χ3v) is 2.97. The van der Waals surface area contributed by atoms with E-state index in [-0.39, 0.29) is 18.0 Å². The molecule has 4 nitrogen and oxygen atoms in total. The number of likely N-dealkylation sites (N-methyl/N-ethyl adjacent to an activating group) is 1. The number of furan rings is 1. The van der Waals surface area contributed by atoms with Crippen molar-refractivity contribution in [3.8, 4) is 0 Å². The zero-order chi connectivity index (χ0) is 13.5. The van der Waals surface area contributed by atoms with Crippen molar-refractivity contribution < 1.29 is 9.21 Å². The Morgan fingerprint density at radius 2 is 2.17 bits per heavy atom. The largest absolute Gasteiger partial charge is 0.468 e. The number of carbonyl (C=O) groups is 1. The fourth-order valence-corrected chi connectivity index (χ4v) is 2.03. The summed E-state index contributed by atoms with van der Waals surface area (Å²) >= 11 is 0. The van der Waals surface area contributed by atoms with Gasteiger partial charge in [-0.1, -0.05) is 20.8 Å². The second-order valence-corrected chi connectivity index (χ2v) is 4.94. The SMILES string of the molecule is CCC(NC(CC(C)C)C(=O)NC)c1ccco1. The Bertz CT molecular complexity index is 347. The lowest BCUT2D eigenvalue weighted by atomic mass is 10.0. The molecule has 0 aliphatic rings. The predicted molar refractivity (Wildman–Crippen MR) is 72.2 cm³/mol. The number of rotatable bonds is 7. The van der Waals surface area contributed by atoms with Crippen molar-refractivity contribution in [2.45, 2.75) is 45.7 Å². The minimum Gasteiger partial charge on any atom is -0.468 e. The molecule has 0 aromatic carbocycles. The van der Waals surface area contributed by atoms with Crippen molar-refractivity contribution in [3.05, 3.63) is 24.2 Å². The van der Waals surface area contributed by atoms with Crippen LogP contribution in [0.25, 0.3) is 0 Å². The van der Waals surface area contributed by atoms with Crippen molar-refractivity contribution in [3.63, 3.8) is 0 Å². The van der Waals surface area contributed by atoms with Crippen LogP contribution in [-0.4, -0.2) is 19.0 Å². The molecule has 18 heavy (non-hydrogen) atoms. The highest BCUT2D eigenvalue weighted by atomic mass is 16.3. The Morgan fingerprint density at radius 3 is 2.61 bits per heavy atom. The van der Waals surface area contributed by atoms with Gasteiger partial charge < -0.3 is 9.73 Å². The first-order valence-corrected chi connectivity index (χ1v) is 6.59. The molecule has 0 spiro atoms. The lowest BCUT2D eigenvalue weighted by molar-refractivity contribution is -0.123. The molecule has 2 atom stereocenters. The summed E-state index contributed by atoms with van der Waals surface area (Å²) in [5, 5.41) is 6.10. The van der Waals surface area contributed by atoms with Gasteiger partial charge in [-0.3, -0.25) is 10.1 Å². The summed E-state index contributed by atoms with van der Waals surface area (Å²) in [6.07, 6.45) is 3.37. The van der Waals surface area contributed by atoms with Crippen LogP contribution in [-0.2, 0) is 4.79 Å². The fourth-order valence-electron chi connectivity index (χ4n) is 2.03. The standard InChI is InChI=1S/C14H24N2O2/c1-5-11(13-7-6-8-18-13)16-12(9-10(2)3)14(17)15-4/h6-8,10-12,16H,5,9H2,1-4H3,(H,15,17). The van der Waals surface area contributed by atoms with Gasteiger partial charge in [-0.25, -0.2) is 0 Å². The highest BCUT2D eigenvalue weighted by Gasteiger charge is 2.23. The number of hydrogen-bond donors (Lipinski definition) is 2. The molecule has 4 heteroatoms. The monoisotopic (exact) mass is 252 g/mol. The van der Waals surface area contributed by atoms with Crippen molar-refractivity contribution >= 4 is 5.91 Å². The average Bonchev–Trinajstić information content (AvgIpc) is 2.86. The van der Waals surface area contributed by atoms with Crippen molar-refractivity contribution in [1.29, 1.82) is 0 Å². The van der Waals surface area contributed by atoms with Crippen LogP contribution in [0.4, 0.5) is 0 Å². The number of carbonyl (C=O) groups excluding carboxylic acids is 1. The van der Waals surface area contributed by atoms with Crippen LogP contribution < -0.4 is 10.6 Å². The summed E-state index contributed by atoms with van der Waals surface area (Å²) in [6.45, 7) is 6.31. The highest BCUT2D eigenvalue weighted by molar-refractivity contribution is 5.81. The Balaban J connectivity index is 2.71.